The van der Waals surface area contributed by atoms with Crippen molar-refractivity contribution in [1.82, 2.24) is 14.8 Å². The van der Waals surface area contributed by atoms with Crippen molar-refractivity contribution in [2.75, 3.05) is 31.9 Å². The number of piperazine rings is 1. The van der Waals surface area contributed by atoms with Gasteiger partial charge in [-0.15, -0.1) is 0 Å². The SMILES string of the molecule is N#Cc1ccc(/C=C/C(=O)N2CCN(C(=O)c3ccc4nc(N)sc4c3)CC2)cc1. The zero-order valence-corrected chi connectivity index (χ0v) is 16.9. The Kier molecular flexibility index (Phi) is 5.46. The van der Waals surface area contributed by atoms with E-state index in [2.05, 4.69) is 11.1 Å². The molecule has 0 saturated carbocycles. The van der Waals surface area contributed by atoms with Crippen LogP contribution in [0.15, 0.2) is 48.5 Å². The Morgan fingerprint density at radius 1 is 1.07 bits per heavy atom. The number of hydrogen-bond donors (Lipinski definition) is 1. The summed E-state index contributed by atoms with van der Waals surface area (Å²) in [4.78, 5) is 33.0. The van der Waals surface area contributed by atoms with Gasteiger partial charge in [0.05, 0.1) is 21.8 Å². The molecule has 2 N–H and O–H groups in total. The molecule has 30 heavy (non-hydrogen) atoms. The number of nitrogens with two attached hydrogens (primary N) is 1. The van der Waals surface area contributed by atoms with E-state index in [-0.39, 0.29) is 11.8 Å². The van der Waals surface area contributed by atoms with Crippen LogP contribution in [-0.4, -0.2) is 52.8 Å². The molecule has 1 aromatic heterocycles. The number of amides is 2. The number of anilines is 1. The molecule has 8 heteroatoms. The summed E-state index contributed by atoms with van der Waals surface area (Å²) in [7, 11) is 0. The van der Waals surface area contributed by atoms with E-state index in [1.807, 2.05) is 12.1 Å². The second-order valence-electron chi connectivity index (χ2n) is 6.92. The highest BCUT2D eigenvalue weighted by Crippen LogP contribution is 2.25. The van der Waals surface area contributed by atoms with E-state index in [4.69, 9.17) is 11.0 Å². The van der Waals surface area contributed by atoms with Crippen LogP contribution in [0, 0.1) is 11.3 Å². The number of rotatable bonds is 3. The highest BCUT2D eigenvalue weighted by atomic mass is 32.1. The zero-order chi connectivity index (χ0) is 21.1. The van der Waals surface area contributed by atoms with Crippen molar-refractivity contribution in [1.29, 1.82) is 5.26 Å². The van der Waals surface area contributed by atoms with Crippen LogP contribution in [0.25, 0.3) is 16.3 Å². The van der Waals surface area contributed by atoms with Gasteiger partial charge >= 0.3 is 0 Å². The molecule has 1 aliphatic heterocycles. The number of benzene rings is 2. The maximum atomic E-state index is 12.8. The number of hydrogen-bond acceptors (Lipinski definition) is 6. The van der Waals surface area contributed by atoms with Gasteiger partial charge < -0.3 is 15.5 Å². The molecule has 4 rings (SSSR count). The lowest BCUT2D eigenvalue weighted by Crippen LogP contribution is -2.50. The molecule has 0 radical (unpaired) electrons. The standard InChI is InChI=1S/C22H19N5O2S/c23-14-16-3-1-15(2-4-16)5-8-20(28)26-9-11-27(12-10-26)21(29)17-6-7-18-19(13-17)30-22(24)25-18/h1-8,13H,9-12H2,(H2,24,25)/b8-5+. The van der Waals surface area contributed by atoms with Gasteiger partial charge in [-0.3, -0.25) is 9.59 Å². The predicted octanol–water partition coefficient (Wildman–Crippen LogP) is 2.75. The summed E-state index contributed by atoms with van der Waals surface area (Å²) in [6, 6.07) is 14.5. The van der Waals surface area contributed by atoms with Gasteiger partial charge in [0.15, 0.2) is 5.13 Å². The van der Waals surface area contributed by atoms with Gasteiger partial charge in [-0.2, -0.15) is 5.26 Å². The first-order valence-electron chi connectivity index (χ1n) is 9.46. The summed E-state index contributed by atoms with van der Waals surface area (Å²) in [5.41, 5.74) is 8.57. The number of aromatic nitrogens is 1. The molecule has 0 bridgehead atoms. The van der Waals surface area contributed by atoms with E-state index in [0.29, 0.717) is 42.4 Å². The summed E-state index contributed by atoms with van der Waals surface area (Å²) in [6.45, 7) is 1.94. The van der Waals surface area contributed by atoms with Gasteiger partial charge in [0, 0.05) is 37.8 Å². The molecule has 7 nitrogen and oxygen atoms in total. The number of nitrogens with zero attached hydrogens (tertiary/aromatic N) is 4. The largest absolute Gasteiger partial charge is 0.375 e. The Balaban J connectivity index is 1.35. The van der Waals surface area contributed by atoms with Gasteiger partial charge in [-0.05, 0) is 42.0 Å². The number of carbonyl (C=O) groups is 2. The predicted molar refractivity (Wildman–Crippen MR) is 117 cm³/mol. The second-order valence-corrected chi connectivity index (χ2v) is 7.98. The molecule has 1 aliphatic rings. The number of carbonyl (C=O) groups excluding carboxylic acids is 2. The Hall–Kier alpha value is -3.70. The Labute approximate surface area is 177 Å². The summed E-state index contributed by atoms with van der Waals surface area (Å²) >= 11 is 1.36. The van der Waals surface area contributed by atoms with Crippen LogP contribution in [0.5, 0.6) is 0 Å². The van der Waals surface area contributed by atoms with Crippen molar-refractivity contribution in [3.63, 3.8) is 0 Å². The number of fused-ring (bicyclic) bond motifs is 1. The second kappa shape index (κ2) is 8.35. The Morgan fingerprint density at radius 2 is 1.77 bits per heavy atom. The first kappa shape index (κ1) is 19.6. The van der Waals surface area contributed by atoms with Crippen LogP contribution < -0.4 is 5.73 Å². The molecule has 1 saturated heterocycles. The lowest BCUT2D eigenvalue weighted by atomic mass is 10.1. The minimum absolute atomic E-state index is 0.0518. The minimum Gasteiger partial charge on any atom is -0.375 e. The molecule has 2 heterocycles. The van der Waals surface area contributed by atoms with E-state index < -0.39 is 0 Å². The van der Waals surface area contributed by atoms with Crippen molar-refractivity contribution < 1.29 is 9.59 Å². The Bertz CT molecular complexity index is 1170. The summed E-state index contributed by atoms with van der Waals surface area (Å²) in [5, 5.41) is 9.32. The molecule has 1 fully saturated rings. The molecule has 3 aromatic rings. The van der Waals surface area contributed by atoms with Crippen LogP contribution >= 0.6 is 11.3 Å². The van der Waals surface area contributed by atoms with E-state index in [9.17, 15) is 9.59 Å². The third kappa shape index (κ3) is 4.16. The van der Waals surface area contributed by atoms with Gasteiger partial charge in [-0.1, -0.05) is 23.5 Å². The topological polar surface area (TPSA) is 103 Å². The number of thiazole rings is 1. The van der Waals surface area contributed by atoms with E-state index in [1.54, 1.807) is 46.2 Å². The fourth-order valence-corrected chi connectivity index (χ4v) is 4.10. The minimum atomic E-state index is -0.0898. The third-order valence-electron chi connectivity index (χ3n) is 4.99. The van der Waals surface area contributed by atoms with Crippen molar-refractivity contribution >= 4 is 44.6 Å². The van der Waals surface area contributed by atoms with E-state index in [0.717, 1.165) is 15.8 Å². The molecular weight excluding hydrogens is 398 g/mol. The zero-order valence-electron chi connectivity index (χ0n) is 16.1. The smallest absolute Gasteiger partial charge is 0.254 e. The fraction of sp³-hybridized carbons (Fsp3) is 0.182. The molecule has 0 aliphatic carbocycles. The molecule has 0 unspecified atom stereocenters. The normalized spacial score (nSPS) is 14.2. The van der Waals surface area contributed by atoms with Crippen molar-refractivity contribution in [3.05, 3.63) is 65.2 Å². The van der Waals surface area contributed by atoms with Crippen molar-refractivity contribution in [2.24, 2.45) is 0 Å². The number of nitriles is 1. The maximum Gasteiger partial charge on any atom is 0.254 e. The number of nitrogen functional groups attached to an aromatic ring is 1. The van der Waals surface area contributed by atoms with Crippen LogP contribution in [0.1, 0.15) is 21.5 Å². The van der Waals surface area contributed by atoms with Gasteiger partial charge in [0.1, 0.15) is 0 Å². The van der Waals surface area contributed by atoms with Crippen LogP contribution in [0.3, 0.4) is 0 Å². The Morgan fingerprint density at radius 3 is 2.47 bits per heavy atom. The maximum absolute atomic E-state index is 12.8. The molecule has 0 spiro atoms. The third-order valence-corrected chi connectivity index (χ3v) is 5.84. The first-order valence-corrected chi connectivity index (χ1v) is 10.3. The monoisotopic (exact) mass is 417 g/mol. The highest BCUT2D eigenvalue weighted by Gasteiger charge is 2.24. The molecule has 150 valence electrons. The van der Waals surface area contributed by atoms with Gasteiger partial charge in [-0.25, -0.2) is 4.98 Å². The first-order chi connectivity index (χ1) is 14.5. The van der Waals surface area contributed by atoms with E-state index in [1.165, 1.54) is 17.4 Å². The summed E-state index contributed by atoms with van der Waals surface area (Å²) < 4.78 is 0.889. The van der Waals surface area contributed by atoms with Gasteiger partial charge in [0.2, 0.25) is 5.91 Å². The molecular formula is C22H19N5O2S. The summed E-state index contributed by atoms with van der Waals surface area (Å²) in [5.74, 6) is -0.142. The average Bonchev–Trinajstić information content (AvgIpc) is 3.16. The van der Waals surface area contributed by atoms with Crippen molar-refractivity contribution in [2.45, 2.75) is 0 Å². The fourth-order valence-electron chi connectivity index (χ4n) is 3.33. The van der Waals surface area contributed by atoms with Crippen LogP contribution in [0.4, 0.5) is 5.13 Å². The lowest BCUT2D eigenvalue weighted by molar-refractivity contribution is -0.127. The van der Waals surface area contributed by atoms with Gasteiger partial charge in [0.25, 0.3) is 5.91 Å². The van der Waals surface area contributed by atoms with E-state index >= 15 is 0 Å². The van der Waals surface area contributed by atoms with Crippen molar-refractivity contribution in [3.8, 4) is 6.07 Å². The molecule has 2 amide bonds. The lowest BCUT2D eigenvalue weighted by Gasteiger charge is -2.34. The highest BCUT2D eigenvalue weighted by molar-refractivity contribution is 7.22. The average molecular weight is 417 g/mol. The molecule has 0 atom stereocenters. The molecule has 2 aromatic carbocycles. The van der Waals surface area contributed by atoms with Crippen LogP contribution in [0.2, 0.25) is 0 Å². The quantitative estimate of drug-likeness (QED) is 0.660. The summed E-state index contributed by atoms with van der Waals surface area (Å²) in [6.07, 6.45) is 3.26. The van der Waals surface area contributed by atoms with Crippen LogP contribution in [-0.2, 0) is 4.79 Å².